The summed E-state index contributed by atoms with van der Waals surface area (Å²) in [6.07, 6.45) is 2.88. The number of halogens is 2. The zero-order valence-electron chi connectivity index (χ0n) is 10.2. The van der Waals surface area contributed by atoms with Gasteiger partial charge in [0.2, 0.25) is 0 Å². The molecule has 6 heteroatoms. The van der Waals surface area contributed by atoms with Crippen LogP contribution >= 0.6 is 0 Å². The number of esters is 1. The van der Waals surface area contributed by atoms with Gasteiger partial charge in [0, 0.05) is 12.6 Å². The van der Waals surface area contributed by atoms with E-state index in [1.54, 1.807) is 0 Å². The lowest BCUT2D eigenvalue weighted by Gasteiger charge is -2.23. The highest BCUT2D eigenvalue weighted by molar-refractivity contribution is 5.79. The quantitative estimate of drug-likeness (QED) is 0.594. The van der Waals surface area contributed by atoms with Crippen molar-refractivity contribution in [2.45, 2.75) is 62.7 Å². The van der Waals surface area contributed by atoms with Crippen molar-refractivity contribution >= 4 is 5.97 Å². The lowest BCUT2D eigenvalue weighted by molar-refractivity contribution is -0.159. The van der Waals surface area contributed by atoms with Crippen LogP contribution < -0.4 is 5.32 Å². The molecule has 0 bridgehead atoms. The van der Waals surface area contributed by atoms with Crippen LogP contribution in [0.1, 0.15) is 38.5 Å². The monoisotopic (exact) mass is 263 g/mol. The van der Waals surface area contributed by atoms with Crippen molar-refractivity contribution in [2.24, 2.45) is 0 Å². The van der Waals surface area contributed by atoms with Crippen LogP contribution in [0.5, 0.6) is 0 Å². The normalized spacial score (nSPS) is 36.2. The van der Waals surface area contributed by atoms with Gasteiger partial charge in [-0.1, -0.05) is 19.3 Å². The van der Waals surface area contributed by atoms with Gasteiger partial charge in [-0.25, -0.2) is 4.79 Å². The van der Waals surface area contributed by atoms with E-state index in [4.69, 9.17) is 0 Å². The Morgan fingerprint density at radius 3 is 2.72 bits per heavy atom. The fourth-order valence-corrected chi connectivity index (χ4v) is 2.57. The minimum absolute atomic E-state index is 0.0829. The second-order valence-electron chi connectivity index (χ2n) is 5.16. The lowest BCUT2D eigenvalue weighted by atomic mass is 10.1. The van der Waals surface area contributed by atoms with Gasteiger partial charge in [-0.2, -0.15) is 8.78 Å². The van der Waals surface area contributed by atoms with Crippen LogP contribution in [0.25, 0.3) is 0 Å². The summed E-state index contributed by atoms with van der Waals surface area (Å²) in [4.78, 5) is 10.8. The summed E-state index contributed by atoms with van der Waals surface area (Å²) >= 11 is 0. The number of aliphatic hydroxyl groups excluding tert-OH is 1. The van der Waals surface area contributed by atoms with E-state index in [0.717, 1.165) is 32.1 Å². The average molecular weight is 263 g/mol. The van der Waals surface area contributed by atoms with Gasteiger partial charge in [-0.05, 0) is 12.8 Å². The smallest absolute Gasteiger partial charge is 0.377 e. The Labute approximate surface area is 105 Å². The Morgan fingerprint density at radius 2 is 2.06 bits per heavy atom. The van der Waals surface area contributed by atoms with Crippen molar-refractivity contribution in [3.8, 4) is 0 Å². The van der Waals surface area contributed by atoms with Crippen LogP contribution in [-0.4, -0.2) is 41.8 Å². The first-order chi connectivity index (χ1) is 8.49. The number of ether oxygens (including phenoxy) is 1. The number of rotatable bonds is 3. The van der Waals surface area contributed by atoms with E-state index >= 15 is 0 Å². The molecule has 1 saturated heterocycles. The third kappa shape index (κ3) is 3.17. The van der Waals surface area contributed by atoms with Crippen LogP contribution in [0.4, 0.5) is 8.78 Å². The van der Waals surface area contributed by atoms with Gasteiger partial charge < -0.3 is 15.2 Å². The molecule has 0 spiro atoms. The van der Waals surface area contributed by atoms with Crippen molar-refractivity contribution in [1.82, 2.24) is 5.32 Å². The van der Waals surface area contributed by atoms with Gasteiger partial charge in [0.1, 0.15) is 6.10 Å². The molecule has 0 amide bonds. The van der Waals surface area contributed by atoms with Crippen LogP contribution in [0.2, 0.25) is 0 Å². The number of carbonyl (C=O) groups is 1. The molecule has 1 aliphatic heterocycles. The maximum atomic E-state index is 12.9. The summed E-state index contributed by atoms with van der Waals surface area (Å²) < 4.78 is 30.5. The highest BCUT2D eigenvalue weighted by Crippen LogP contribution is 2.30. The molecule has 4 nitrogen and oxygen atoms in total. The zero-order chi connectivity index (χ0) is 13.2. The van der Waals surface area contributed by atoms with Crippen molar-refractivity contribution in [3.05, 3.63) is 0 Å². The van der Waals surface area contributed by atoms with E-state index in [1.165, 1.54) is 0 Å². The fourth-order valence-electron chi connectivity index (χ4n) is 2.57. The number of alkyl halides is 2. The van der Waals surface area contributed by atoms with Gasteiger partial charge in [0.15, 0.2) is 0 Å². The maximum absolute atomic E-state index is 12.9. The van der Waals surface area contributed by atoms with Crippen molar-refractivity contribution in [1.29, 1.82) is 0 Å². The van der Waals surface area contributed by atoms with Crippen LogP contribution in [-0.2, 0) is 9.53 Å². The lowest BCUT2D eigenvalue weighted by Crippen LogP contribution is -2.42. The Morgan fingerprint density at radius 1 is 1.33 bits per heavy atom. The molecule has 0 aromatic heterocycles. The number of nitrogens with one attached hydrogen (secondary N) is 1. The highest BCUT2D eigenvalue weighted by atomic mass is 19.3. The van der Waals surface area contributed by atoms with Crippen molar-refractivity contribution < 1.29 is 23.4 Å². The van der Waals surface area contributed by atoms with Crippen LogP contribution in [0.3, 0.4) is 0 Å². The Hall–Kier alpha value is -0.750. The first-order valence-electron chi connectivity index (χ1n) is 6.49. The van der Waals surface area contributed by atoms with Crippen LogP contribution in [0.15, 0.2) is 0 Å². The van der Waals surface area contributed by atoms with Crippen LogP contribution in [0, 0.1) is 0 Å². The van der Waals surface area contributed by atoms with Gasteiger partial charge in [-0.15, -0.1) is 0 Å². The summed E-state index contributed by atoms with van der Waals surface area (Å²) in [6.45, 7) is 0.184. The third-order valence-electron chi connectivity index (χ3n) is 3.64. The molecule has 104 valence electrons. The SMILES string of the molecule is O=C1OC(CNC2CCCCCC2O)CC1(F)F. The molecule has 18 heavy (non-hydrogen) atoms. The predicted octanol–water partition coefficient (Wildman–Crippen LogP) is 1.22. The maximum Gasteiger partial charge on any atom is 0.377 e. The van der Waals surface area contributed by atoms with Gasteiger partial charge in [0.25, 0.3) is 0 Å². The molecule has 0 radical (unpaired) electrons. The Bertz CT molecular complexity index is 312. The molecular formula is C12H19F2NO3. The average Bonchev–Trinajstić information content (AvgIpc) is 2.48. The number of cyclic esters (lactones) is 1. The topological polar surface area (TPSA) is 58.6 Å². The minimum atomic E-state index is -3.35. The summed E-state index contributed by atoms with van der Waals surface area (Å²) in [5.41, 5.74) is 0. The summed E-state index contributed by atoms with van der Waals surface area (Å²) in [7, 11) is 0. The van der Waals surface area contributed by atoms with Gasteiger partial charge in [-0.3, -0.25) is 0 Å². The van der Waals surface area contributed by atoms with Gasteiger partial charge >= 0.3 is 11.9 Å². The molecule has 1 heterocycles. The molecule has 2 N–H and O–H groups in total. The largest absolute Gasteiger partial charge is 0.456 e. The fraction of sp³-hybridized carbons (Fsp3) is 0.917. The van der Waals surface area contributed by atoms with Gasteiger partial charge in [0.05, 0.1) is 12.5 Å². The van der Waals surface area contributed by atoms with Crippen molar-refractivity contribution in [2.75, 3.05) is 6.54 Å². The standard InChI is InChI=1S/C12H19F2NO3/c13-12(14)6-8(18-11(12)17)7-15-9-4-2-1-3-5-10(9)16/h8-10,15-16H,1-7H2. The molecule has 3 atom stereocenters. The summed E-state index contributed by atoms with van der Waals surface area (Å²) in [5.74, 6) is -4.79. The highest BCUT2D eigenvalue weighted by Gasteiger charge is 2.50. The van der Waals surface area contributed by atoms with E-state index in [0.29, 0.717) is 0 Å². The molecule has 1 aliphatic carbocycles. The molecule has 2 rings (SSSR count). The van der Waals surface area contributed by atoms with E-state index in [-0.39, 0.29) is 12.6 Å². The molecule has 1 saturated carbocycles. The number of hydrogen-bond donors (Lipinski definition) is 2. The Balaban J connectivity index is 1.79. The molecule has 0 aromatic rings. The Kier molecular flexibility index (Phi) is 4.17. The van der Waals surface area contributed by atoms with Crippen molar-refractivity contribution in [3.63, 3.8) is 0 Å². The molecule has 3 unspecified atom stereocenters. The van der Waals surface area contributed by atoms with E-state index in [1.807, 2.05) is 0 Å². The van der Waals surface area contributed by atoms with E-state index < -0.39 is 30.5 Å². The zero-order valence-corrected chi connectivity index (χ0v) is 10.2. The number of carbonyl (C=O) groups excluding carboxylic acids is 1. The van der Waals surface area contributed by atoms with E-state index in [2.05, 4.69) is 10.1 Å². The third-order valence-corrected chi connectivity index (χ3v) is 3.64. The number of hydrogen-bond acceptors (Lipinski definition) is 4. The first-order valence-corrected chi connectivity index (χ1v) is 6.49. The second-order valence-corrected chi connectivity index (χ2v) is 5.16. The summed E-state index contributed by atoms with van der Waals surface area (Å²) in [6, 6.07) is -0.0829. The minimum Gasteiger partial charge on any atom is -0.456 e. The number of aliphatic hydroxyl groups is 1. The molecule has 2 aliphatic rings. The molecule has 2 fully saturated rings. The second kappa shape index (κ2) is 5.48. The summed E-state index contributed by atoms with van der Waals surface area (Å²) in [5, 5.41) is 12.9. The molecule has 0 aromatic carbocycles. The first kappa shape index (κ1) is 13.7. The van der Waals surface area contributed by atoms with E-state index in [9.17, 15) is 18.7 Å². The predicted molar refractivity (Wildman–Crippen MR) is 60.3 cm³/mol. The molecular weight excluding hydrogens is 244 g/mol.